The van der Waals surface area contributed by atoms with Gasteiger partial charge in [-0.15, -0.1) is 0 Å². The Balaban J connectivity index is 1.20. The molecule has 0 radical (unpaired) electrons. The van der Waals surface area contributed by atoms with E-state index in [4.69, 9.17) is 43.6 Å². The van der Waals surface area contributed by atoms with Crippen molar-refractivity contribution in [2.75, 3.05) is 38.5 Å². The van der Waals surface area contributed by atoms with Gasteiger partial charge < -0.3 is 0 Å². The summed E-state index contributed by atoms with van der Waals surface area (Å²) in [6.45, 7) is 0.945. The predicted molar refractivity (Wildman–Crippen MR) is 153 cm³/mol. The van der Waals surface area contributed by atoms with Crippen LogP contribution in [0.2, 0.25) is 0 Å². The van der Waals surface area contributed by atoms with Crippen LogP contribution >= 0.6 is 15.8 Å². The Morgan fingerprint density at radius 3 is 2.60 bits per heavy atom. The van der Waals surface area contributed by atoms with Crippen molar-refractivity contribution in [1.82, 2.24) is 39.0 Å². The molecule has 0 saturated carbocycles. The van der Waals surface area contributed by atoms with Gasteiger partial charge in [-0.1, -0.05) is 0 Å². The number of phosphoric acid groups is 1. The third-order valence-corrected chi connectivity index (χ3v) is 10.9. The summed E-state index contributed by atoms with van der Waals surface area (Å²) in [6.07, 6.45) is -3.63. The number of aromatic amines is 1. The molecule has 3 saturated heterocycles. The topological polar surface area (TPSA) is 281 Å². The van der Waals surface area contributed by atoms with Gasteiger partial charge in [0.05, 0.1) is 0 Å². The molecule has 7 N–H and O–H groups in total. The number of phosphoric ester groups is 1. The quantitative estimate of drug-likeness (QED) is 0.169. The number of ether oxygens (including phenoxy) is 2. The number of nitrogens with two attached hydrogens (primary N) is 2. The maximum absolute atomic E-state index is 13.2. The molecular formula is C22H30N10O11P2. The number of nitrogen functional groups attached to an aromatic ring is 2. The van der Waals surface area contributed by atoms with Crippen LogP contribution in [0.4, 0.5) is 11.8 Å². The molecule has 7 unspecified atom stereocenters. The number of imidazole rings is 2. The van der Waals surface area contributed by atoms with Gasteiger partial charge in [0.2, 0.25) is 0 Å². The second-order valence-electron chi connectivity index (χ2n) is 10.7. The summed E-state index contributed by atoms with van der Waals surface area (Å²) in [5, 5.41) is 11.3. The summed E-state index contributed by atoms with van der Waals surface area (Å²) in [5.41, 5.74) is 11.8. The number of hydrogen-bond acceptors (Lipinski definition) is 17. The molecule has 4 aromatic heterocycles. The van der Waals surface area contributed by atoms with Crippen molar-refractivity contribution in [1.29, 1.82) is 0 Å². The molecule has 0 aromatic carbocycles. The van der Waals surface area contributed by atoms with Gasteiger partial charge in [0.25, 0.3) is 0 Å². The standard InChI is InChI=1S/C22H30N10O11P2/c1-37-44(2)38-5-11-15(14(33)21(41-11)31-7-27-12-16(23)25-6-26-17(12)31)43-45(35,36)39-4-9-3-10(42-44)20(40-9)32-8-28-13-18(32)29-22(24)30-19(13)34/h6-11,14-15,20-21,33,44H,3-5H2,1-2H3,(H,35,36)(H2,23,25,26)(H3,24,29,30,34)/t9?,10-,11?,14?,15?,20?,21?/m0/s1. The second kappa shape index (κ2) is 11.2. The van der Waals surface area contributed by atoms with E-state index in [-0.39, 0.29) is 47.1 Å². The molecule has 23 heteroatoms. The summed E-state index contributed by atoms with van der Waals surface area (Å²) in [5.74, 6) is -0.0127. The molecule has 8 atom stereocenters. The average molecular weight is 672 g/mol. The molecule has 3 aliphatic heterocycles. The van der Waals surface area contributed by atoms with Crippen LogP contribution in [0.5, 0.6) is 0 Å². The Kier molecular flexibility index (Phi) is 7.61. The Bertz CT molecular complexity index is 1860. The second-order valence-corrected chi connectivity index (χ2v) is 14.7. The van der Waals surface area contributed by atoms with Crippen LogP contribution in [-0.4, -0.2) is 107 Å². The van der Waals surface area contributed by atoms with Crippen LogP contribution in [0, 0.1) is 0 Å². The minimum atomic E-state index is -4.82. The number of aromatic nitrogens is 8. The zero-order valence-electron chi connectivity index (χ0n) is 23.7. The van der Waals surface area contributed by atoms with Crippen LogP contribution in [0.3, 0.4) is 0 Å². The van der Waals surface area contributed by atoms with Crippen molar-refractivity contribution in [3.8, 4) is 0 Å². The summed E-state index contributed by atoms with van der Waals surface area (Å²) in [7, 11) is -6.94. The Hall–Kier alpha value is -3.20. The molecule has 3 fully saturated rings. The number of fused-ring (bicyclic) bond motifs is 5. The molecule has 45 heavy (non-hydrogen) atoms. The van der Waals surface area contributed by atoms with E-state index in [0.29, 0.717) is 0 Å². The molecule has 2 bridgehead atoms. The molecule has 7 rings (SSSR count). The van der Waals surface area contributed by atoms with Crippen LogP contribution < -0.4 is 17.0 Å². The molecular weight excluding hydrogens is 642 g/mol. The molecule has 3 aliphatic rings. The fraction of sp³-hybridized carbons (Fsp3) is 0.545. The number of aliphatic hydroxyl groups is 1. The Labute approximate surface area is 252 Å². The van der Waals surface area contributed by atoms with Crippen molar-refractivity contribution in [3.05, 3.63) is 29.3 Å². The first-order valence-electron chi connectivity index (χ1n) is 13.6. The van der Waals surface area contributed by atoms with Crippen molar-refractivity contribution in [2.24, 2.45) is 0 Å². The zero-order chi connectivity index (χ0) is 31.7. The van der Waals surface area contributed by atoms with Gasteiger partial charge in [0, 0.05) is 0 Å². The average Bonchev–Trinajstić information content (AvgIpc) is 3.76. The van der Waals surface area contributed by atoms with E-state index in [1.807, 2.05) is 0 Å². The zero-order valence-corrected chi connectivity index (χ0v) is 25.6. The molecule has 0 aliphatic carbocycles. The summed E-state index contributed by atoms with van der Waals surface area (Å²) in [4.78, 5) is 46.1. The maximum atomic E-state index is 13.2. The first kappa shape index (κ1) is 30.5. The molecule has 0 spiro atoms. The van der Waals surface area contributed by atoms with Crippen molar-refractivity contribution in [2.45, 2.75) is 49.4 Å². The first-order chi connectivity index (χ1) is 21.4. The number of aliphatic hydroxyl groups excluding tert-OH is 1. The van der Waals surface area contributed by atoms with E-state index in [9.17, 15) is 19.4 Å². The number of hydrogen-bond donors (Lipinski definition) is 5. The van der Waals surface area contributed by atoms with Crippen LogP contribution in [-0.2, 0) is 36.7 Å². The van der Waals surface area contributed by atoms with Crippen molar-refractivity contribution in [3.63, 3.8) is 0 Å². The summed E-state index contributed by atoms with van der Waals surface area (Å²) < 4.78 is 57.4. The number of nitrogens with one attached hydrogen (secondary N) is 1. The molecule has 244 valence electrons. The molecule has 4 aromatic rings. The summed E-state index contributed by atoms with van der Waals surface area (Å²) in [6, 6.07) is 0. The van der Waals surface area contributed by atoms with Gasteiger partial charge >= 0.3 is 253 Å². The molecule has 0 amide bonds. The first-order valence-corrected chi connectivity index (χ1v) is 17.3. The van der Waals surface area contributed by atoms with Crippen LogP contribution in [0.1, 0.15) is 18.9 Å². The van der Waals surface area contributed by atoms with E-state index in [1.54, 1.807) is 6.66 Å². The monoisotopic (exact) mass is 672 g/mol. The van der Waals surface area contributed by atoms with Crippen LogP contribution in [0.25, 0.3) is 22.3 Å². The molecule has 7 heterocycles. The van der Waals surface area contributed by atoms with E-state index >= 15 is 0 Å². The third-order valence-electron chi connectivity index (χ3n) is 7.77. The number of H-pyrrole nitrogens is 1. The fourth-order valence-electron chi connectivity index (χ4n) is 5.58. The van der Waals surface area contributed by atoms with E-state index < -0.39 is 70.9 Å². The van der Waals surface area contributed by atoms with E-state index in [0.717, 1.165) is 0 Å². The SMILES string of the molecule is CO[PH]1(C)OCC2OC(n3cnc4c(N)ncnc43)C(O)C2OP(=O)(O)OCC2C[C@H](O1)C(n1cnc3c(=O)[nH]c(N)nc31)O2. The minimum absolute atomic E-state index is 0.0225. The fourth-order valence-corrected chi connectivity index (χ4v) is 8.08. The van der Waals surface area contributed by atoms with Gasteiger partial charge in [0.1, 0.15) is 0 Å². The Morgan fingerprint density at radius 2 is 1.82 bits per heavy atom. The van der Waals surface area contributed by atoms with Crippen molar-refractivity contribution < 1.29 is 46.7 Å². The third kappa shape index (κ3) is 5.49. The van der Waals surface area contributed by atoms with Crippen LogP contribution in [0.15, 0.2) is 23.8 Å². The van der Waals surface area contributed by atoms with Gasteiger partial charge in [-0.2, -0.15) is 0 Å². The van der Waals surface area contributed by atoms with Gasteiger partial charge in [0.15, 0.2) is 0 Å². The number of anilines is 2. The predicted octanol–water partition coefficient (Wildman–Crippen LogP) is -0.642. The van der Waals surface area contributed by atoms with Crippen molar-refractivity contribution >= 4 is 49.9 Å². The van der Waals surface area contributed by atoms with E-state index in [2.05, 4.69) is 29.9 Å². The Morgan fingerprint density at radius 1 is 1.07 bits per heavy atom. The number of nitrogens with zero attached hydrogens (tertiary/aromatic N) is 7. The van der Waals surface area contributed by atoms with Gasteiger partial charge in [-0.3, -0.25) is 0 Å². The molecule has 21 nitrogen and oxygen atoms in total. The normalized spacial score (nSPS) is 34.6. The number of rotatable bonds is 3. The van der Waals surface area contributed by atoms with Gasteiger partial charge in [-0.25, -0.2) is 0 Å². The van der Waals surface area contributed by atoms with Gasteiger partial charge in [-0.05, 0) is 0 Å². The summed E-state index contributed by atoms with van der Waals surface area (Å²) >= 11 is 0. The van der Waals surface area contributed by atoms with E-state index in [1.165, 1.54) is 35.2 Å².